The number of carbonyl (C=O) groups is 1. The highest BCUT2D eigenvalue weighted by Crippen LogP contribution is 2.24. The van der Waals surface area contributed by atoms with Gasteiger partial charge in [-0.15, -0.1) is 0 Å². The molecule has 0 aliphatic rings. The van der Waals surface area contributed by atoms with Gasteiger partial charge < -0.3 is 10.0 Å². The average molecular weight is 253 g/mol. The van der Waals surface area contributed by atoms with Crippen LogP contribution in [-0.4, -0.2) is 30.6 Å². The highest BCUT2D eigenvalue weighted by atomic mass is 19.1. The molecule has 0 saturated carbocycles. The van der Waals surface area contributed by atoms with Gasteiger partial charge in [0.25, 0.3) is 0 Å². The minimum atomic E-state index is -0.422. The Morgan fingerprint density at radius 2 is 2.06 bits per heavy atom. The molecule has 0 unspecified atom stereocenters. The Bertz CT molecular complexity index is 391. The van der Waals surface area contributed by atoms with Crippen molar-refractivity contribution in [2.45, 2.75) is 32.7 Å². The quantitative estimate of drug-likeness (QED) is 0.759. The summed E-state index contributed by atoms with van der Waals surface area (Å²) in [6, 6.07) is 4.42. The van der Waals surface area contributed by atoms with Crippen molar-refractivity contribution in [2.24, 2.45) is 0 Å². The molecule has 4 heteroatoms. The third kappa shape index (κ3) is 3.29. The van der Waals surface area contributed by atoms with Crippen LogP contribution in [0.4, 0.5) is 10.1 Å². The SMILES string of the molecule is CCC(CC)N(CCO)c1ccc(F)cc1C=O. The molecule has 0 aliphatic carbocycles. The molecule has 0 aliphatic heterocycles. The second-order valence-corrected chi connectivity index (χ2v) is 4.21. The first-order valence-electron chi connectivity index (χ1n) is 6.30. The molecule has 100 valence electrons. The summed E-state index contributed by atoms with van der Waals surface area (Å²) in [6.45, 7) is 4.57. The van der Waals surface area contributed by atoms with Crippen LogP contribution in [-0.2, 0) is 0 Å². The van der Waals surface area contributed by atoms with Crippen molar-refractivity contribution in [2.75, 3.05) is 18.1 Å². The number of aldehydes is 1. The molecule has 0 atom stereocenters. The Kier molecular flexibility index (Phi) is 5.78. The predicted octanol–water partition coefficient (Wildman–Crippen LogP) is 2.63. The summed E-state index contributed by atoms with van der Waals surface area (Å²) in [4.78, 5) is 13.0. The van der Waals surface area contributed by atoms with E-state index < -0.39 is 5.82 Å². The first kappa shape index (κ1) is 14.6. The molecule has 18 heavy (non-hydrogen) atoms. The number of benzene rings is 1. The number of halogens is 1. The van der Waals surface area contributed by atoms with Crippen LogP contribution in [0.1, 0.15) is 37.0 Å². The zero-order valence-electron chi connectivity index (χ0n) is 10.9. The maximum Gasteiger partial charge on any atom is 0.152 e. The predicted molar refractivity (Wildman–Crippen MR) is 70.6 cm³/mol. The molecule has 0 amide bonds. The lowest BCUT2D eigenvalue weighted by Gasteiger charge is -2.33. The van der Waals surface area contributed by atoms with Crippen LogP contribution in [0, 0.1) is 5.82 Å². The summed E-state index contributed by atoms with van der Waals surface area (Å²) >= 11 is 0. The number of aliphatic hydroxyl groups excluding tert-OH is 1. The van der Waals surface area contributed by atoms with E-state index in [9.17, 15) is 9.18 Å². The molecule has 0 spiro atoms. The van der Waals surface area contributed by atoms with Crippen LogP contribution >= 0.6 is 0 Å². The van der Waals surface area contributed by atoms with E-state index in [4.69, 9.17) is 5.11 Å². The van der Waals surface area contributed by atoms with Gasteiger partial charge in [0, 0.05) is 23.8 Å². The van der Waals surface area contributed by atoms with Gasteiger partial charge in [0.05, 0.1) is 6.61 Å². The van der Waals surface area contributed by atoms with Gasteiger partial charge in [-0.25, -0.2) is 4.39 Å². The van der Waals surface area contributed by atoms with Crippen molar-refractivity contribution in [3.05, 3.63) is 29.6 Å². The van der Waals surface area contributed by atoms with E-state index in [1.54, 1.807) is 6.07 Å². The van der Waals surface area contributed by atoms with Crippen molar-refractivity contribution in [3.8, 4) is 0 Å². The summed E-state index contributed by atoms with van der Waals surface area (Å²) < 4.78 is 13.1. The molecule has 1 aromatic carbocycles. The van der Waals surface area contributed by atoms with Gasteiger partial charge in [-0.2, -0.15) is 0 Å². The zero-order chi connectivity index (χ0) is 13.5. The van der Waals surface area contributed by atoms with Crippen LogP contribution < -0.4 is 4.90 Å². The highest BCUT2D eigenvalue weighted by molar-refractivity contribution is 5.84. The van der Waals surface area contributed by atoms with Gasteiger partial charge in [-0.05, 0) is 31.0 Å². The smallest absolute Gasteiger partial charge is 0.152 e. The fourth-order valence-electron chi connectivity index (χ4n) is 2.22. The number of aliphatic hydroxyl groups is 1. The number of anilines is 1. The Labute approximate surface area is 107 Å². The molecule has 1 aromatic rings. The Morgan fingerprint density at radius 1 is 1.39 bits per heavy atom. The third-order valence-corrected chi connectivity index (χ3v) is 3.15. The molecule has 0 fully saturated rings. The van der Waals surface area contributed by atoms with E-state index in [0.717, 1.165) is 12.8 Å². The van der Waals surface area contributed by atoms with Crippen LogP contribution in [0.15, 0.2) is 18.2 Å². The monoisotopic (exact) mass is 253 g/mol. The molecule has 1 N–H and O–H groups in total. The molecule has 1 rings (SSSR count). The summed E-state index contributed by atoms with van der Waals surface area (Å²) in [5.74, 6) is -0.422. The van der Waals surface area contributed by atoms with E-state index in [2.05, 4.69) is 13.8 Å². The molecule has 0 radical (unpaired) electrons. The van der Waals surface area contributed by atoms with Gasteiger partial charge >= 0.3 is 0 Å². The number of hydrogen-bond acceptors (Lipinski definition) is 3. The molecule has 3 nitrogen and oxygen atoms in total. The first-order valence-corrected chi connectivity index (χ1v) is 6.30. The van der Waals surface area contributed by atoms with Crippen molar-refractivity contribution in [1.82, 2.24) is 0 Å². The summed E-state index contributed by atoms with van der Waals surface area (Å²) in [6.07, 6.45) is 2.48. The average Bonchev–Trinajstić information content (AvgIpc) is 2.39. The van der Waals surface area contributed by atoms with Crippen LogP contribution in [0.5, 0.6) is 0 Å². The second-order valence-electron chi connectivity index (χ2n) is 4.21. The lowest BCUT2D eigenvalue weighted by molar-refractivity contribution is 0.112. The molecular weight excluding hydrogens is 233 g/mol. The topological polar surface area (TPSA) is 40.5 Å². The van der Waals surface area contributed by atoms with Gasteiger partial charge in [-0.3, -0.25) is 4.79 Å². The number of carbonyl (C=O) groups excluding carboxylic acids is 1. The molecule has 0 aromatic heterocycles. The number of hydrogen-bond donors (Lipinski definition) is 1. The van der Waals surface area contributed by atoms with Crippen molar-refractivity contribution in [1.29, 1.82) is 0 Å². The first-order chi connectivity index (χ1) is 8.67. The highest BCUT2D eigenvalue weighted by Gasteiger charge is 2.18. The Balaban J connectivity index is 3.15. The van der Waals surface area contributed by atoms with E-state index in [-0.39, 0.29) is 12.6 Å². The summed E-state index contributed by atoms with van der Waals surface area (Å²) in [5, 5.41) is 9.15. The molecule has 0 heterocycles. The largest absolute Gasteiger partial charge is 0.395 e. The lowest BCUT2D eigenvalue weighted by Crippen LogP contribution is -2.37. The van der Waals surface area contributed by atoms with Gasteiger partial charge in [0.1, 0.15) is 5.82 Å². The van der Waals surface area contributed by atoms with Crippen molar-refractivity contribution >= 4 is 12.0 Å². The standard InChI is InChI=1S/C14H20FNO2/c1-3-13(4-2)16(7-8-17)14-6-5-12(15)9-11(14)10-18/h5-6,9-10,13,17H,3-4,7-8H2,1-2H3. The maximum absolute atomic E-state index is 13.1. The van der Waals surface area contributed by atoms with Crippen LogP contribution in [0.2, 0.25) is 0 Å². The summed E-state index contributed by atoms with van der Waals surface area (Å²) in [7, 11) is 0. The third-order valence-electron chi connectivity index (χ3n) is 3.15. The van der Waals surface area contributed by atoms with Crippen molar-refractivity contribution in [3.63, 3.8) is 0 Å². The lowest BCUT2D eigenvalue weighted by atomic mass is 10.1. The van der Waals surface area contributed by atoms with Crippen LogP contribution in [0.3, 0.4) is 0 Å². The fraction of sp³-hybridized carbons (Fsp3) is 0.500. The van der Waals surface area contributed by atoms with Gasteiger partial charge in [-0.1, -0.05) is 13.8 Å². The van der Waals surface area contributed by atoms with E-state index in [1.165, 1.54) is 12.1 Å². The van der Waals surface area contributed by atoms with Crippen LogP contribution in [0.25, 0.3) is 0 Å². The number of rotatable bonds is 7. The summed E-state index contributed by atoms with van der Waals surface area (Å²) in [5.41, 5.74) is 1.02. The van der Waals surface area contributed by atoms with Crippen molar-refractivity contribution < 1.29 is 14.3 Å². The van der Waals surface area contributed by atoms with Gasteiger partial charge in [0.15, 0.2) is 6.29 Å². The molecular formula is C14H20FNO2. The molecule has 0 bridgehead atoms. The van der Waals surface area contributed by atoms with E-state index >= 15 is 0 Å². The maximum atomic E-state index is 13.1. The van der Waals surface area contributed by atoms with Gasteiger partial charge in [0.2, 0.25) is 0 Å². The second kappa shape index (κ2) is 7.11. The van der Waals surface area contributed by atoms with E-state index in [1.807, 2.05) is 4.90 Å². The Hall–Kier alpha value is -1.42. The normalized spacial score (nSPS) is 10.7. The van der Waals surface area contributed by atoms with E-state index in [0.29, 0.717) is 24.1 Å². The number of nitrogens with zero attached hydrogens (tertiary/aromatic N) is 1. The Morgan fingerprint density at radius 3 is 2.56 bits per heavy atom. The zero-order valence-corrected chi connectivity index (χ0v) is 10.9. The minimum Gasteiger partial charge on any atom is -0.395 e. The minimum absolute atomic E-state index is 0.00612. The fourth-order valence-corrected chi connectivity index (χ4v) is 2.22. The molecule has 0 saturated heterocycles.